The van der Waals surface area contributed by atoms with Crippen molar-refractivity contribution in [1.82, 2.24) is 0 Å². The molecular formula is C22H32O6. The molecule has 0 radical (unpaired) electrons. The zero-order chi connectivity index (χ0) is 20.3. The van der Waals surface area contributed by atoms with E-state index in [2.05, 4.69) is 13.0 Å². The number of ether oxygens (including phenoxy) is 1. The molecule has 4 rings (SSSR count). The Morgan fingerprint density at radius 3 is 2.64 bits per heavy atom. The maximum Gasteiger partial charge on any atom is 0.312 e. The van der Waals surface area contributed by atoms with Gasteiger partial charge >= 0.3 is 11.9 Å². The average Bonchev–Trinajstić information content (AvgIpc) is 2.98. The molecule has 6 heteroatoms. The zero-order valence-corrected chi connectivity index (χ0v) is 16.8. The number of allylic oxidation sites excluding steroid dienone is 2. The second-order valence-corrected chi connectivity index (χ2v) is 9.61. The van der Waals surface area contributed by atoms with Crippen molar-refractivity contribution in [1.29, 1.82) is 0 Å². The van der Waals surface area contributed by atoms with Crippen LogP contribution < -0.4 is 0 Å². The summed E-state index contributed by atoms with van der Waals surface area (Å²) in [7, 11) is 0. The Kier molecular flexibility index (Phi) is 4.66. The van der Waals surface area contributed by atoms with Gasteiger partial charge in [0.25, 0.3) is 0 Å². The minimum atomic E-state index is -1.36. The molecule has 4 aliphatic rings. The summed E-state index contributed by atoms with van der Waals surface area (Å²) in [5.41, 5.74) is -1.64. The number of carboxylic acid groups (broad SMARTS) is 1. The van der Waals surface area contributed by atoms with Crippen LogP contribution in [-0.2, 0) is 14.3 Å². The predicted molar refractivity (Wildman–Crippen MR) is 101 cm³/mol. The molecule has 0 spiro atoms. The molecule has 0 bridgehead atoms. The number of hydrogen-bond acceptors (Lipinski definition) is 5. The SMILES string of the molecule is CCOC(=O)[C@@H]1CC=C2[C@@H]3CC[C@]4(O)C[C@H](O)CC[C@]4(C(=O)O)[C@@H]3CC[C@@]21C. The molecule has 0 aromatic heterocycles. The summed E-state index contributed by atoms with van der Waals surface area (Å²) < 4.78 is 5.31. The Hall–Kier alpha value is -1.40. The number of carbonyl (C=O) groups is 2. The molecule has 156 valence electrons. The number of fused-ring (bicyclic) bond motifs is 5. The summed E-state index contributed by atoms with van der Waals surface area (Å²) in [6.45, 7) is 4.31. The maximum absolute atomic E-state index is 12.6. The van der Waals surface area contributed by atoms with Gasteiger partial charge in [-0.05, 0) is 63.7 Å². The highest BCUT2D eigenvalue weighted by atomic mass is 16.5. The Morgan fingerprint density at radius 1 is 1.21 bits per heavy atom. The number of esters is 1. The van der Waals surface area contributed by atoms with Crippen LogP contribution in [0.5, 0.6) is 0 Å². The van der Waals surface area contributed by atoms with Gasteiger partial charge in [-0.25, -0.2) is 0 Å². The summed E-state index contributed by atoms with van der Waals surface area (Å²) in [4.78, 5) is 25.1. The summed E-state index contributed by atoms with van der Waals surface area (Å²) in [5, 5.41) is 31.8. The number of hydrogen-bond donors (Lipinski definition) is 3. The van der Waals surface area contributed by atoms with Crippen molar-refractivity contribution in [3.63, 3.8) is 0 Å². The van der Waals surface area contributed by atoms with E-state index in [9.17, 15) is 24.9 Å². The number of rotatable bonds is 3. The number of aliphatic hydroxyl groups excluding tert-OH is 1. The molecule has 3 saturated carbocycles. The van der Waals surface area contributed by atoms with E-state index in [-0.39, 0.29) is 35.6 Å². The van der Waals surface area contributed by atoms with Crippen LogP contribution in [0.4, 0.5) is 0 Å². The van der Waals surface area contributed by atoms with Gasteiger partial charge in [-0.3, -0.25) is 9.59 Å². The van der Waals surface area contributed by atoms with Crippen LogP contribution in [0.2, 0.25) is 0 Å². The fraction of sp³-hybridized carbons (Fsp3) is 0.818. The molecule has 0 unspecified atom stereocenters. The first-order valence-electron chi connectivity index (χ1n) is 10.7. The lowest BCUT2D eigenvalue weighted by atomic mass is 9.43. The van der Waals surface area contributed by atoms with Crippen molar-refractivity contribution in [2.24, 2.45) is 28.6 Å². The fourth-order valence-corrected chi connectivity index (χ4v) is 7.27. The smallest absolute Gasteiger partial charge is 0.312 e. The van der Waals surface area contributed by atoms with E-state index in [0.29, 0.717) is 45.1 Å². The second-order valence-electron chi connectivity index (χ2n) is 9.61. The van der Waals surface area contributed by atoms with Crippen LogP contribution in [-0.4, -0.2) is 45.6 Å². The molecule has 0 saturated heterocycles. The van der Waals surface area contributed by atoms with Crippen LogP contribution in [0.1, 0.15) is 65.2 Å². The minimum absolute atomic E-state index is 0.0739. The molecule has 3 fully saturated rings. The van der Waals surface area contributed by atoms with Crippen molar-refractivity contribution >= 4 is 11.9 Å². The molecule has 3 N–H and O–H groups in total. The Labute approximate surface area is 166 Å². The lowest BCUT2D eigenvalue weighted by Crippen LogP contribution is -2.66. The van der Waals surface area contributed by atoms with Crippen LogP contribution in [0.3, 0.4) is 0 Å². The standard InChI is InChI=1S/C22H32O6/c1-3-28-18(24)17-5-4-15-14-7-10-21(27)12-13(23)6-11-22(21,19(25)26)16(14)8-9-20(15,17)2/h4,13-14,16-17,23,27H,3,5-12H2,1-2H3,(H,25,26)/t13-,14+,16-,17+,20+,21+,22-/m1/s1. The van der Waals surface area contributed by atoms with Crippen molar-refractivity contribution < 1.29 is 29.6 Å². The van der Waals surface area contributed by atoms with Crippen molar-refractivity contribution in [3.8, 4) is 0 Å². The highest BCUT2D eigenvalue weighted by molar-refractivity contribution is 5.78. The third kappa shape index (κ3) is 2.46. The number of carboxylic acids is 1. The Balaban J connectivity index is 1.69. The van der Waals surface area contributed by atoms with Crippen molar-refractivity contribution in [2.45, 2.75) is 76.9 Å². The van der Waals surface area contributed by atoms with Gasteiger partial charge in [0, 0.05) is 11.8 Å². The molecular weight excluding hydrogens is 360 g/mol. The predicted octanol–water partition coefficient (Wildman–Crippen LogP) is 2.67. The summed E-state index contributed by atoms with van der Waals surface area (Å²) >= 11 is 0. The number of aliphatic hydroxyl groups is 2. The van der Waals surface area contributed by atoms with Crippen LogP contribution in [0, 0.1) is 28.6 Å². The van der Waals surface area contributed by atoms with Gasteiger partial charge in [-0.2, -0.15) is 0 Å². The van der Waals surface area contributed by atoms with Crippen LogP contribution >= 0.6 is 0 Å². The van der Waals surface area contributed by atoms with E-state index in [4.69, 9.17) is 4.74 Å². The Bertz CT molecular complexity index is 716. The van der Waals surface area contributed by atoms with Gasteiger partial charge in [-0.1, -0.05) is 18.6 Å². The van der Waals surface area contributed by atoms with Crippen LogP contribution in [0.25, 0.3) is 0 Å². The van der Waals surface area contributed by atoms with Gasteiger partial charge < -0.3 is 20.1 Å². The average molecular weight is 392 g/mol. The maximum atomic E-state index is 12.6. The van der Waals surface area contributed by atoms with E-state index >= 15 is 0 Å². The third-order valence-electron chi connectivity index (χ3n) is 8.59. The highest BCUT2D eigenvalue weighted by Gasteiger charge is 2.68. The molecule has 4 aliphatic carbocycles. The summed E-state index contributed by atoms with van der Waals surface area (Å²) in [6.07, 6.45) is 5.54. The number of aliphatic carboxylic acids is 1. The first-order chi connectivity index (χ1) is 13.2. The highest BCUT2D eigenvalue weighted by Crippen LogP contribution is 2.67. The molecule has 0 heterocycles. The third-order valence-corrected chi connectivity index (χ3v) is 8.59. The Morgan fingerprint density at radius 2 is 1.96 bits per heavy atom. The minimum Gasteiger partial charge on any atom is -0.481 e. The molecule has 6 nitrogen and oxygen atoms in total. The molecule has 0 aromatic carbocycles. The lowest BCUT2D eigenvalue weighted by Gasteiger charge is -2.61. The summed E-state index contributed by atoms with van der Waals surface area (Å²) in [5.74, 6) is -1.36. The van der Waals surface area contributed by atoms with Crippen molar-refractivity contribution in [2.75, 3.05) is 6.61 Å². The lowest BCUT2D eigenvalue weighted by molar-refractivity contribution is -0.223. The fourth-order valence-electron chi connectivity index (χ4n) is 7.27. The first kappa shape index (κ1) is 19.9. The quantitative estimate of drug-likeness (QED) is 0.504. The molecule has 0 aromatic rings. The van der Waals surface area contributed by atoms with Crippen molar-refractivity contribution in [3.05, 3.63) is 11.6 Å². The van der Waals surface area contributed by atoms with Gasteiger partial charge in [0.15, 0.2) is 0 Å². The second kappa shape index (κ2) is 6.56. The first-order valence-corrected chi connectivity index (χ1v) is 10.7. The van der Waals surface area contributed by atoms with Crippen LogP contribution in [0.15, 0.2) is 11.6 Å². The van der Waals surface area contributed by atoms with Gasteiger partial charge in [-0.15, -0.1) is 0 Å². The largest absolute Gasteiger partial charge is 0.481 e. The molecule has 7 atom stereocenters. The van der Waals surface area contributed by atoms with E-state index in [0.717, 1.165) is 6.42 Å². The van der Waals surface area contributed by atoms with Gasteiger partial charge in [0.1, 0.15) is 0 Å². The zero-order valence-electron chi connectivity index (χ0n) is 16.8. The summed E-state index contributed by atoms with van der Waals surface area (Å²) in [6, 6.07) is 0. The van der Waals surface area contributed by atoms with E-state index in [1.54, 1.807) is 0 Å². The van der Waals surface area contributed by atoms with E-state index in [1.807, 2.05) is 6.92 Å². The molecule has 28 heavy (non-hydrogen) atoms. The number of carbonyl (C=O) groups excluding carboxylic acids is 1. The normalized spacial score (nSPS) is 47.4. The van der Waals surface area contributed by atoms with Gasteiger partial charge in [0.2, 0.25) is 0 Å². The van der Waals surface area contributed by atoms with E-state index < -0.39 is 23.1 Å². The molecule has 0 amide bonds. The topological polar surface area (TPSA) is 104 Å². The monoisotopic (exact) mass is 392 g/mol. The molecule has 0 aliphatic heterocycles. The van der Waals surface area contributed by atoms with Gasteiger partial charge in [0.05, 0.1) is 29.6 Å². The van der Waals surface area contributed by atoms with E-state index in [1.165, 1.54) is 5.57 Å².